The molecule has 0 amide bonds. The minimum absolute atomic E-state index is 0.731. The quantitative estimate of drug-likeness (QED) is 0.865. The average Bonchev–Trinajstić information content (AvgIpc) is 2.40. The highest BCUT2D eigenvalue weighted by molar-refractivity contribution is 5.45. The van der Waals surface area contributed by atoms with Crippen LogP contribution >= 0.6 is 0 Å². The molecule has 2 unspecified atom stereocenters. The highest BCUT2D eigenvalue weighted by Gasteiger charge is 2.24. The summed E-state index contributed by atoms with van der Waals surface area (Å²) in [6, 6.07) is 10.6. The van der Waals surface area contributed by atoms with Gasteiger partial charge < -0.3 is 10.6 Å². The second kappa shape index (κ2) is 6.06. The van der Waals surface area contributed by atoms with Gasteiger partial charge in [0.05, 0.1) is 0 Å². The smallest absolute Gasteiger partial charge is 0.0363 e. The molecule has 1 aromatic rings. The van der Waals surface area contributed by atoms with Crippen LogP contribution in [0.3, 0.4) is 0 Å². The predicted octanol–water partition coefficient (Wildman–Crippen LogP) is 2.89. The van der Waals surface area contributed by atoms with E-state index < -0.39 is 0 Å². The molecule has 1 aliphatic carbocycles. The summed E-state index contributed by atoms with van der Waals surface area (Å²) in [4.78, 5) is 2.37. The summed E-state index contributed by atoms with van der Waals surface area (Å²) >= 11 is 0. The van der Waals surface area contributed by atoms with E-state index in [1.54, 1.807) is 0 Å². The fourth-order valence-corrected chi connectivity index (χ4v) is 2.97. The molecule has 2 atom stereocenters. The fourth-order valence-electron chi connectivity index (χ4n) is 2.97. The Hall–Kier alpha value is -1.02. The summed E-state index contributed by atoms with van der Waals surface area (Å²) in [5, 5.41) is 0. The number of nitrogens with zero attached hydrogens (tertiary/aromatic N) is 1. The Morgan fingerprint density at radius 1 is 1.12 bits per heavy atom. The summed E-state index contributed by atoms with van der Waals surface area (Å²) in [6.45, 7) is 2.00. The number of hydrogen-bond acceptors (Lipinski definition) is 2. The van der Waals surface area contributed by atoms with Gasteiger partial charge in [0.1, 0.15) is 0 Å². The molecule has 94 valence electrons. The van der Waals surface area contributed by atoms with E-state index in [-0.39, 0.29) is 0 Å². The third kappa shape index (κ3) is 3.22. The van der Waals surface area contributed by atoms with Crippen molar-refractivity contribution in [3.05, 3.63) is 30.3 Å². The Morgan fingerprint density at radius 3 is 2.41 bits per heavy atom. The maximum atomic E-state index is 5.89. The number of para-hydroxylation sites is 1. The van der Waals surface area contributed by atoms with Crippen molar-refractivity contribution in [3.8, 4) is 0 Å². The van der Waals surface area contributed by atoms with Crippen molar-refractivity contribution in [1.29, 1.82) is 0 Å². The van der Waals surface area contributed by atoms with Crippen LogP contribution in [0, 0.1) is 11.8 Å². The molecular formula is C15H24N2. The maximum absolute atomic E-state index is 5.89. The molecule has 1 fully saturated rings. The molecule has 17 heavy (non-hydrogen) atoms. The summed E-state index contributed by atoms with van der Waals surface area (Å²) in [5.41, 5.74) is 7.20. The second-order valence-electron chi connectivity index (χ2n) is 5.26. The molecule has 2 rings (SSSR count). The van der Waals surface area contributed by atoms with Gasteiger partial charge in [-0.05, 0) is 43.4 Å². The third-order valence-electron chi connectivity index (χ3n) is 4.07. The first-order chi connectivity index (χ1) is 8.31. The second-order valence-corrected chi connectivity index (χ2v) is 5.26. The van der Waals surface area contributed by atoms with Crippen molar-refractivity contribution in [2.75, 3.05) is 25.0 Å². The highest BCUT2D eigenvalue weighted by Crippen LogP contribution is 2.30. The van der Waals surface area contributed by atoms with Crippen LogP contribution in [0.2, 0.25) is 0 Å². The molecule has 1 aliphatic rings. The Labute approximate surface area is 105 Å². The minimum atomic E-state index is 0.731. The molecule has 2 nitrogen and oxygen atoms in total. The molecule has 1 saturated carbocycles. The molecule has 0 aromatic heterocycles. The number of nitrogens with two attached hydrogens (primary N) is 1. The molecule has 0 saturated heterocycles. The summed E-state index contributed by atoms with van der Waals surface area (Å²) < 4.78 is 0. The van der Waals surface area contributed by atoms with Gasteiger partial charge in [-0.25, -0.2) is 0 Å². The predicted molar refractivity (Wildman–Crippen MR) is 74.2 cm³/mol. The topological polar surface area (TPSA) is 29.3 Å². The molecular weight excluding hydrogens is 208 g/mol. The van der Waals surface area contributed by atoms with E-state index in [9.17, 15) is 0 Å². The van der Waals surface area contributed by atoms with Gasteiger partial charge in [0, 0.05) is 19.3 Å². The lowest BCUT2D eigenvalue weighted by Crippen LogP contribution is -2.35. The van der Waals surface area contributed by atoms with Crippen molar-refractivity contribution in [2.24, 2.45) is 17.6 Å². The van der Waals surface area contributed by atoms with Crippen molar-refractivity contribution in [1.82, 2.24) is 0 Å². The number of hydrogen-bond donors (Lipinski definition) is 1. The molecule has 0 bridgehead atoms. The molecule has 0 spiro atoms. The van der Waals surface area contributed by atoms with Crippen LogP contribution in [-0.2, 0) is 0 Å². The molecule has 2 N–H and O–H groups in total. The van der Waals surface area contributed by atoms with Crippen molar-refractivity contribution < 1.29 is 0 Å². The van der Waals surface area contributed by atoms with E-state index in [4.69, 9.17) is 5.73 Å². The lowest BCUT2D eigenvalue weighted by atomic mass is 9.79. The van der Waals surface area contributed by atoms with Gasteiger partial charge in [-0.1, -0.05) is 31.0 Å². The van der Waals surface area contributed by atoms with Crippen molar-refractivity contribution in [3.63, 3.8) is 0 Å². The zero-order valence-electron chi connectivity index (χ0n) is 10.8. The van der Waals surface area contributed by atoms with Crippen molar-refractivity contribution >= 4 is 5.69 Å². The van der Waals surface area contributed by atoms with E-state index in [1.165, 1.54) is 31.4 Å². The van der Waals surface area contributed by atoms with Gasteiger partial charge in [0.15, 0.2) is 0 Å². The van der Waals surface area contributed by atoms with Crippen LogP contribution in [0.15, 0.2) is 30.3 Å². The van der Waals surface area contributed by atoms with Gasteiger partial charge in [-0.2, -0.15) is 0 Å². The Bertz CT molecular complexity index is 323. The molecule has 1 aromatic carbocycles. The minimum Gasteiger partial charge on any atom is -0.374 e. The Morgan fingerprint density at radius 2 is 1.76 bits per heavy atom. The monoisotopic (exact) mass is 232 g/mol. The lowest BCUT2D eigenvalue weighted by Gasteiger charge is -2.34. The molecule has 0 radical (unpaired) electrons. The largest absolute Gasteiger partial charge is 0.374 e. The van der Waals surface area contributed by atoms with Crippen LogP contribution in [0.5, 0.6) is 0 Å². The van der Waals surface area contributed by atoms with E-state index in [0.29, 0.717) is 0 Å². The van der Waals surface area contributed by atoms with Gasteiger partial charge in [-0.15, -0.1) is 0 Å². The van der Waals surface area contributed by atoms with E-state index in [1.807, 2.05) is 0 Å². The number of anilines is 1. The normalized spacial score (nSPS) is 24.6. The van der Waals surface area contributed by atoms with Crippen LogP contribution in [-0.4, -0.2) is 20.1 Å². The van der Waals surface area contributed by atoms with E-state index in [2.05, 4.69) is 42.3 Å². The summed E-state index contributed by atoms with van der Waals surface area (Å²) in [5.74, 6) is 1.51. The lowest BCUT2D eigenvalue weighted by molar-refractivity contribution is 0.248. The first-order valence-electron chi connectivity index (χ1n) is 6.77. The highest BCUT2D eigenvalue weighted by atomic mass is 15.1. The van der Waals surface area contributed by atoms with E-state index >= 15 is 0 Å². The molecule has 0 heterocycles. The SMILES string of the molecule is CN(CC1CCCCC1CN)c1ccccc1. The Kier molecular flexibility index (Phi) is 4.43. The molecule has 2 heteroatoms. The van der Waals surface area contributed by atoms with Crippen LogP contribution < -0.4 is 10.6 Å². The zero-order chi connectivity index (χ0) is 12.1. The summed E-state index contributed by atoms with van der Waals surface area (Å²) in [6.07, 6.45) is 5.42. The first-order valence-corrected chi connectivity index (χ1v) is 6.77. The van der Waals surface area contributed by atoms with Crippen LogP contribution in [0.1, 0.15) is 25.7 Å². The summed E-state index contributed by atoms with van der Waals surface area (Å²) in [7, 11) is 2.19. The maximum Gasteiger partial charge on any atom is 0.0363 e. The van der Waals surface area contributed by atoms with Gasteiger partial charge in [0.2, 0.25) is 0 Å². The van der Waals surface area contributed by atoms with Gasteiger partial charge in [0.25, 0.3) is 0 Å². The number of benzene rings is 1. The average molecular weight is 232 g/mol. The van der Waals surface area contributed by atoms with Gasteiger partial charge in [-0.3, -0.25) is 0 Å². The fraction of sp³-hybridized carbons (Fsp3) is 0.600. The standard InChI is InChI=1S/C15H24N2/c1-17(15-9-3-2-4-10-15)12-14-8-6-5-7-13(14)11-16/h2-4,9-10,13-14H,5-8,11-12,16H2,1H3. The van der Waals surface area contributed by atoms with Crippen LogP contribution in [0.4, 0.5) is 5.69 Å². The first kappa shape index (κ1) is 12.4. The van der Waals surface area contributed by atoms with Crippen LogP contribution in [0.25, 0.3) is 0 Å². The molecule has 0 aliphatic heterocycles. The zero-order valence-corrected chi connectivity index (χ0v) is 10.8. The van der Waals surface area contributed by atoms with Gasteiger partial charge >= 0.3 is 0 Å². The third-order valence-corrected chi connectivity index (χ3v) is 4.07. The Balaban J connectivity index is 1.95. The van der Waals surface area contributed by atoms with E-state index in [0.717, 1.165) is 24.9 Å². The number of rotatable bonds is 4. The van der Waals surface area contributed by atoms with Crippen molar-refractivity contribution in [2.45, 2.75) is 25.7 Å².